The van der Waals surface area contributed by atoms with Gasteiger partial charge in [-0.05, 0) is 41.8 Å². The summed E-state index contributed by atoms with van der Waals surface area (Å²) in [6.07, 6.45) is 0.763. The molecule has 0 unspecified atom stereocenters. The van der Waals surface area contributed by atoms with E-state index in [0.717, 1.165) is 22.6 Å². The van der Waals surface area contributed by atoms with Gasteiger partial charge in [-0.3, -0.25) is 9.59 Å². The van der Waals surface area contributed by atoms with Crippen LogP contribution in [-0.2, 0) is 23.4 Å². The molecule has 0 bridgehead atoms. The van der Waals surface area contributed by atoms with E-state index in [1.807, 2.05) is 48.5 Å². The maximum atomic E-state index is 12.3. The van der Waals surface area contributed by atoms with Crippen molar-refractivity contribution in [3.63, 3.8) is 0 Å². The van der Waals surface area contributed by atoms with Crippen molar-refractivity contribution >= 4 is 17.7 Å². The number of rotatable bonds is 10. The predicted molar refractivity (Wildman–Crippen MR) is 121 cm³/mol. The minimum atomic E-state index is -0.274. The van der Waals surface area contributed by atoms with E-state index in [1.165, 1.54) is 17.8 Å². The van der Waals surface area contributed by atoms with Crippen molar-refractivity contribution < 1.29 is 14.3 Å². The van der Waals surface area contributed by atoms with Crippen molar-refractivity contribution in [2.24, 2.45) is 0 Å². The lowest BCUT2D eigenvalue weighted by molar-refractivity contribution is -0.120. The van der Waals surface area contributed by atoms with Crippen molar-refractivity contribution in [3.8, 4) is 11.5 Å². The number of thioether (sulfide) groups is 1. The zero-order chi connectivity index (χ0) is 22.1. The maximum Gasteiger partial charge on any atom is 0.251 e. The minimum Gasteiger partial charge on any atom is -0.497 e. The Morgan fingerprint density at radius 3 is 2.55 bits per heavy atom. The molecule has 7 nitrogen and oxygen atoms in total. The molecule has 0 fully saturated rings. The molecule has 3 aromatic rings. The number of benzene rings is 2. The Morgan fingerprint density at radius 2 is 1.81 bits per heavy atom. The third kappa shape index (κ3) is 7.18. The molecule has 0 aliphatic rings. The van der Waals surface area contributed by atoms with Gasteiger partial charge in [-0.25, -0.2) is 4.98 Å². The molecule has 1 amide bonds. The van der Waals surface area contributed by atoms with E-state index in [0.29, 0.717) is 29.6 Å². The lowest BCUT2D eigenvalue weighted by Crippen LogP contribution is -2.28. The van der Waals surface area contributed by atoms with E-state index < -0.39 is 0 Å². The second kappa shape index (κ2) is 11.2. The Bertz CT molecular complexity index is 1070. The second-order valence-electron chi connectivity index (χ2n) is 6.81. The normalized spacial score (nSPS) is 10.5. The number of hydrogen-bond acceptors (Lipinski definition) is 6. The molecule has 1 aromatic heterocycles. The zero-order valence-corrected chi connectivity index (χ0v) is 18.3. The van der Waals surface area contributed by atoms with E-state index in [2.05, 4.69) is 15.3 Å². The summed E-state index contributed by atoms with van der Waals surface area (Å²) in [6.45, 7) is 0.506. The minimum absolute atomic E-state index is 0.0548. The highest BCUT2D eigenvalue weighted by Crippen LogP contribution is 2.21. The van der Waals surface area contributed by atoms with E-state index in [9.17, 15) is 9.59 Å². The van der Waals surface area contributed by atoms with Crippen LogP contribution in [0.1, 0.15) is 16.8 Å². The molecule has 0 atom stereocenters. The van der Waals surface area contributed by atoms with E-state index in [-0.39, 0.29) is 17.9 Å². The van der Waals surface area contributed by atoms with Gasteiger partial charge < -0.3 is 19.8 Å². The molecule has 0 spiro atoms. The molecular formula is C23H25N3O4S. The summed E-state index contributed by atoms with van der Waals surface area (Å²) in [5, 5.41) is 3.36. The molecule has 0 saturated heterocycles. The number of hydrogen-bond donors (Lipinski definition) is 2. The van der Waals surface area contributed by atoms with Gasteiger partial charge in [0, 0.05) is 18.4 Å². The molecule has 162 valence electrons. The van der Waals surface area contributed by atoms with Crippen LogP contribution in [0.4, 0.5) is 0 Å². The van der Waals surface area contributed by atoms with Crippen LogP contribution < -0.4 is 20.3 Å². The van der Waals surface area contributed by atoms with Crippen LogP contribution in [0.5, 0.6) is 11.5 Å². The lowest BCUT2D eigenvalue weighted by Gasteiger charge is -2.07. The number of H-pyrrole nitrogens is 1. The third-order valence-corrected chi connectivity index (χ3v) is 5.46. The lowest BCUT2D eigenvalue weighted by atomic mass is 10.1. The first-order valence-corrected chi connectivity index (χ1v) is 10.8. The van der Waals surface area contributed by atoms with Gasteiger partial charge in [0.15, 0.2) is 5.16 Å². The second-order valence-corrected chi connectivity index (χ2v) is 7.77. The Morgan fingerprint density at radius 1 is 1.03 bits per heavy atom. The Labute approximate surface area is 185 Å². The number of nitrogens with one attached hydrogen (secondary N) is 2. The smallest absolute Gasteiger partial charge is 0.251 e. The molecule has 8 heteroatoms. The number of methoxy groups -OCH3 is 2. The Kier molecular flexibility index (Phi) is 8.12. The summed E-state index contributed by atoms with van der Waals surface area (Å²) in [5.74, 6) is 2.03. The van der Waals surface area contributed by atoms with E-state index in [4.69, 9.17) is 9.47 Å². The largest absolute Gasteiger partial charge is 0.497 e. The molecule has 0 aliphatic carbocycles. The van der Waals surface area contributed by atoms with Crippen LogP contribution >= 0.6 is 11.8 Å². The summed E-state index contributed by atoms with van der Waals surface area (Å²) >= 11 is 1.40. The summed E-state index contributed by atoms with van der Waals surface area (Å²) in [5.41, 5.74) is 2.32. The summed E-state index contributed by atoms with van der Waals surface area (Å²) in [7, 11) is 3.25. The first-order valence-electron chi connectivity index (χ1n) is 9.81. The fraction of sp³-hybridized carbons (Fsp3) is 0.261. The third-order valence-electron chi connectivity index (χ3n) is 4.52. The Hall–Kier alpha value is -3.26. The van der Waals surface area contributed by atoms with Crippen LogP contribution in [-0.4, -0.2) is 36.6 Å². The number of aromatic nitrogens is 2. The molecule has 3 rings (SSSR count). The molecular weight excluding hydrogens is 414 g/mol. The molecule has 0 radical (unpaired) electrons. The van der Waals surface area contributed by atoms with E-state index in [1.54, 1.807) is 14.2 Å². The van der Waals surface area contributed by atoms with Gasteiger partial charge in [0.2, 0.25) is 5.91 Å². The van der Waals surface area contributed by atoms with Crippen LogP contribution in [0, 0.1) is 0 Å². The molecule has 31 heavy (non-hydrogen) atoms. The average molecular weight is 440 g/mol. The number of amides is 1. The van der Waals surface area contributed by atoms with Crippen molar-refractivity contribution in [1.29, 1.82) is 0 Å². The fourth-order valence-corrected chi connectivity index (χ4v) is 3.76. The quantitative estimate of drug-likeness (QED) is 0.373. The highest BCUT2D eigenvalue weighted by atomic mass is 32.2. The zero-order valence-electron chi connectivity index (χ0n) is 17.5. The van der Waals surface area contributed by atoms with Gasteiger partial charge in [0.25, 0.3) is 5.56 Å². The number of carbonyl (C=O) groups excluding carboxylic acids is 1. The van der Waals surface area contributed by atoms with Crippen molar-refractivity contribution in [3.05, 3.63) is 81.8 Å². The molecule has 0 saturated carbocycles. The molecule has 2 N–H and O–H groups in total. The van der Waals surface area contributed by atoms with E-state index >= 15 is 0 Å². The van der Waals surface area contributed by atoms with Crippen LogP contribution in [0.2, 0.25) is 0 Å². The van der Waals surface area contributed by atoms with Gasteiger partial charge in [0.1, 0.15) is 11.5 Å². The average Bonchev–Trinajstić information content (AvgIpc) is 2.78. The fourth-order valence-electron chi connectivity index (χ4n) is 2.92. The van der Waals surface area contributed by atoms with Crippen molar-refractivity contribution in [1.82, 2.24) is 15.3 Å². The van der Waals surface area contributed by atoms with Gasteiger partial charge in [0.05, 0.1) is 26.3 Å². The summed E-state index contributed by atoms with van der Waals surface area (Å²) in [6, 6.07) is 16.8. The molecule has 2 aromatic carbocycles. The number of carbonyl (C=O) groups is 1. The SMILES string of the molecule is COc1ccc(CCNC(=O)Cc2cc(=O)[nH]c(SCc3cccc(OC)c3)n2)cc1. The predicted octanol–water partition coefficient (Wildman–Crippen LogP) is 2.98. The number of ether oxygens (including phenoxy) is 2. The Balaban J connectivity index is 1.51. The standard InChI is InChI=1S/C23H25N3O4S/c1-29-19-8-6-16(7-9-19)10-11-24-21(27)13-18-14-22(28)26-23(25-18)31-15-17-4-3-5-20(12-17)30-2/h3-9,12,14H,10-11,13,15H2,1-2H3,(H,24,27)(H,25,26,28). The monoisotopic (exact) mass is 439 g/mol. The van der Waals surface area contributed by atoms with Crippen LogP contribution in [0.15, 0.2) is 64.5 Å². The first kappa shape index (κ1) is 22.4. The molecule has 1 heterocycles. The molecule has 0 aliphatic heterocycles. The van der Waals surface area contributed by atoms with Crippen LogP contribution in [0.3, 0.4) is 0 Å². The van der Waals surface area contributed by atoms with Crippen LogP contribution in [0.25, 0.3) is 0 Å². The number of aromatic amines is 1. The van der Waals surface area contributed by atoms with Gasteiger partial charge in [-0.15, -0.1) is 0 Å². The highest BCUT2D eigenvalue weighted by Gasteiger charge is 2.08. The van der Waals surface area contributed by atoms with Gasteiger partial charge >= 0.3 is 0 Å². The van der Waals surface area contributed by atoms with Gasteiger partial charge in [-0.2, -0.15) is 0 Å². The van der Waals surface area contributed by atoms with Crippen molar-refractivity contribution in [2.75, 3.05) is 20.8 Å². The first-order chi connectivity index (χ1) is 15.1. The summed E-state index contributed by atoms with van der Waals surface area (Å²) in [4.78, 5) is 31.4. The van der Waals surface area contributed by atoms with Gasteiger partial charge in [-0.1, -0.05) is 36.0 Å². The topological polar surface area (TPSA) is 93.3 Å². The van der Waals surface area contributed by atoms with Crippen molar-refractivity contribution in [2.45, 2.75) is 23.8 Å². The number of nitrogens with zero attached hydrogens (tertiary/aromatic N) is 1. The highest BCUT2D eigenvalue weighted by molar-refractivity contribution is 7.98. The summed E-state index contributed by atoms with van der Waals surface area (Å²) < 4.78 is 10.4. The maximum absolute atomic E-state index is 12.3.